The molecule has 0 aromatic heterocycles. The van der Waals surface area contributed by atoms with E-state index in [4.69, 9.17) is 4.74 Å². The number of carbonyl (C=O) groups excluding carboxylic acids is 2. The molecule has 5 atom stereocenters. The molecule has 3 aliphatic carbocycles. The lowest BCUT2D eigenvalue weighted by Gasteiger charge is -2.48. The van der Waals surface area contributed by atoms with Crippen molar-refractivity contribution in [1.82, 2.24) is 0 Å². The molecular weight excluding hydrogens is 297 g/mol. The fourth-order valence-corrected chi connectivity index (χ4v) is 5.39. The first-order chi connectivity index (χ1) is 10.1. The number of carbonyl (C=O) groups is 2. The standard InChI is InChI=1S/C16H21F3O3/c1-14-7-3-5-9(14)12(20)11-10(6-4-8-15(11,14)2)22-13(21)16(17,18)19/h9-11H,3-8H2,1-2H3/t9-,10?,11?,14-,15-/m0/s1. The third-order valence-electron chi connectivity index (χ3n) is 6.65. The molecule has 3 saturated carbocycles. The molecule has 2 unspecified atom stereocenters. The highest BCUT2D eigenvalue weighted by atomic mass is 19.4. The molecule has 22 heavy (non-hydrogen) atoms. The summed E-state index contributed by atoms with van der Waals surface area (Å²) in [7, 11) is 0. The lowest BCUT2D eigenvalue weighted by Crippen LogP contribution is -2.48. The summed E-state index contributed by atoms with van der Waals surface area (Å²) in [5.74, 6) is -2.82. The second-order valence-corrected chi connectivity index (χ2v) is 7.49. The Bertz CT molecular complexity index is 515. The molecule has 0 bridgehead atoms. The van der Waals surface area contributed by atoms with Crippen LogP contribution in [0.25, 0.3) is 0 Å². The van der Waals surface area contributed by atoms with E-state index in [0.717, 1.165) is 25.7 Å². The predicted octanol–water partition coefficient (Wildman–Crippen LogP) is 3.66. The van der Waals surface area contributed by atoms with Gasteiger partial charge in [-0.25, -0.2) is 4.79 Å². The number of ketones is 1. The number of fused-ring (bicyclic) bond motifs is 3. The van der Waals surface area contributed by atoms with Gasteiger partial charge < -0.3 is 4.74 Å². The van der Waals surface area contributed by atoms with Gasteiger partial charge in [-0.05, 0) is 42.9 Å². The summed E-state index contributed by atoms with van der Waals surface area (Å²) in [6.45, 7) is 4.10. The number of esters is 1. The average Bonchev–Trinajstić information content (AvgIpc) is 2.86. The number of hydrogen-bond acceptors (Lipinski definition) is 3. The zero-order valence-electron chi connectivity index (χ0n) is 12.8. The summed E-state index contributed by atoms with van der Waals surface area (Å²) in [4.78, 5) is 24.0. The number of rotatable bonds is 1. The number of alkyl halides is 3. The number of Topliss-reactive ketones (excluding diaryl/α,β-unsaturated/α-hetero) is 1. The SMILES string of the molecule is C[C@]12CCCC(OC(=O)C(F)(F)F)C1C(=O)[C@@H]1CCC[C@@]12C. The van der Waals surface area contributed by atoms with Crippen molar-refractivity contribution in [2.45, 2.75) is 64.7 Å². The molecule has 0 saturated heterocycles. The highest BCUT2D eigenvalue weighted by Crippen LogP contribution is 2.68. The van der Waals surface area contributed by atoms with E-state index in [1.165, 1.54) is 0 Å². The molecule has 3 rings (SSSR count). The minimum Gasteiger partial charge on any atom is -0.455 e. The molecule has 0 spiro atoms. The highest BCUT2D eigenvalue weighted by Gasteiger charge is 2.68. The van der Waals surface area contributed by atoms with Crippen molar-refractivity contribution in [1.29, 1.82) is 0 Å². The van der Waals surface area contributed by atoms with E-state index in [1.807, 2.05) is 6.92 Å². The molecular formula is C16H21F3O3. The Morgan fingerprint density at radius 3 is 2.36 bits per heavy atom. The van der Waals surface area contributed by atoms with Gasteiger partial charge in [-0.15, -0.1) is 0 Å². The Morgan fingerprint density at radius 1 is 1.14 bits per heavy atom. The van der Waals surface area contributed by atoms with Crippen LogP contribution >= 0.6 is 0 Å². The fraction of sp³-hybridized carbons (Fsp3) is 0.875. The molecule has 3 aliphatic rings. The van der Waals surface area contributed by atoms with E-state index in [2.05, 4.69) is 6.92 Å². The zero-order valence-corrected chi connectivity index (χ0v) is 12.8. The van der Waals surface area contributed by atoms with E-state index in [9.17, 15) is 22.8 Å². The van der Waals surface area contributed by atoms with Crippen LogP contribution in [0.2, 0.25) is 0 Å². The first-order valence-electron chi connectivity index (χ1n) is 7.93. The molecule has 0 aromatic rings. The van der Waals surface area contributed by atoms with Gasteiger partial charge in [0, 0.05) is 5.92 Å². The lowest BCUT2D eigenvalue weighted by atomic mass is 9.57. The first kappa shape index (κ1) is 15.8. The number of halogens is 3. The van der Waals surface area contributed by atoms with Crippen molar-refractivity contribution in [2.75, 3.05) is 0 Å². The molecule has 0 aromatic carbocycles. The van der Waals surface area contributed by atoms with Crippen LogP contribution < -0.4 is 0 Å². The van der Waals surface area contributed by atoms with E-state index < -0.39 is 24.2 Å². The van der Waals surface area contributed by atoms with Crippen LogP contribution in [0.15, 0.2) is 0 Å². The Hall–Kier alpha value is -1.07. The van der Waals surface area contributed by atoms with E-state index in [0.29, 0.717) is 12.8 Å². The highest BCUT2D eigenvalue weighted by molar-refractivity contribution is 5.89. The van der Waals surface area contributed by atoms with Crippen LogP contribution in [0, 0.1) is 22.7 Å². The molecule has 0 aliphatic heterocycles. The van der Waals surface area contributed by atoms with Crippen molar-refractivity contribution < 1.29 is 27.5 Å². The monoisotopic (exact) mass is 318 g/mol. The van der Waals surface area contributed by atoms with Gasteiger partial charge in [0.25, 0.3) is 0 Å². The minimum absolute atomic E-state index is 0.0159. The van der Waals surface area contributed by atoms with E-state index in [1.54, 1.807) is 0 Å². The third-order valence-corrected chi connectivity index (χ3v) is 6.65. The van der Waals surface area contributed by atoms with Crippen LogP contribution in [-0.2, 0) is 14.3 Å². The maximum Gasteiger partial charge on any atom is 0.490 e. The van der Waals surface area contributed by atoms with Gasteiger partial charge in [0.15, 0.2) is 0 Å². The summed E-state index contributed by atoms with van der Waals surface area (Å²) < 4.78 is 42.2. The van der Waals surface area contributed by atoms with Crippen LogP contribution in [0.5, 0.6) is 0 Å². The summed E-state index contributed by atoms with van der Waals surface area (Å²) in [5.41, 5.74) is -0.530. The fourth-order valence-electron chi connectivity index (χ4n) is 5.39. The molecule has 3 nitrogen and oxygen atoms in total. The normalized spacial score (nSPS) is 44.6. The van der Waals surface area contributed by atoms with Crippen LogP contribution in [-0.4, -0.2) is 24.0 Å². The van der Waals surface area contributed by atoms with Gasteiger partial charge >= 0.3 is 12.1 Å². The largest absolute Gasteiger partial charge is 0.490 e. The van der Waals surface area contributed by atoms with E-state index in [-0.39, 0.29) is 22.5 Å². The minimum atomic E-state index is -5.00. The summed E-state index contributed by atoms with van der Waals surface area (Å²) in [6, 6.07) is 0. The van der Waals surface area contributed by atoms with Crippen molar-refractivity contribution >= 4 is 11.8 Å². The van der Waals surface area contributed by atoms with Gasteiger partial charge in [0.05, 0.1) is 5.92 Å². The summed E-state index contributed by atoms with van der Waals surface area (Å²) in [6.07, 6.45) is -1.36. The average molecular weight is 318 g/mol. The van der Waals surface area contributed by atoms with Gasteiger partial charge in [0.2, 0.25) is 0 Å². The lowest BCUT2D eigenvalue weighted by molar-refractivity contribution is -0.211. The summed E-state index contributed by atoms with van der Waals surface area (Å²) >= 11 is 0. The Morgan fingerprint density at radius 2 is 1.73 bits per heavy atom. The smallest absolute Gasteiger partial charge is 0.455 e. The van der Waals surface area contributed by atoms with Crippen molar-refractivity contribution in [2.24, 2.45) is 22.7 Å². The molecule has 6 heteroatoms. The van der Waals surface area contributed by atoms with Gasteiger partial charge in [0.1, 0.15) is 11.9 Å². The molecule has 124 valence electrons. The Kier molecular flexibility index (Phi) is 3.39. The quantitative estimate of drug-likeness (QED) is 0.693. The zero-order chi connectivity index (χ0) is 16.3. The Balaban J connectivity index is 1.90. The maximum absolute atomic E-state index is 12.8. The first-order valence-corrected chi connectivity index (χ1v) is 7.93. The molecule has 0 N–H and O–H groups in total. The van der Waals surface area contributed by atoms with Gasteiger partial charge in [-0.3, -0.25) is 4.79 Å². The molecule has 0 heterocycles. The topological polar surface area (TPSA) is 43.4 Å². The maximum atomic E-state index is 12.8. The van der Waals surface area contributed by atoms with E-state index >= 15 is 0 Å². The van der Waals surface area contributed by atoms with Crippen molar-refractivity contribution in [3.8, 4) is 0 Å². The summed E-state index contributed by atoms with van der Waals surface area (Å²) in [5, 5.41) is 0. The number of hydrogen-bond donors (Lipinski definition) is 0. The molecule has 0 amide bonds. The number of ether oxygens (including phenoxy) is 1. The van der Waals surface area contributed by atoms with Crippen LogP contribution in [0.4, 0.5) is 13.2 Å². The molecule has 3 fully saturated rings. The van der Waals surface area contributed by atoms with Crippen molar-refractivity contribution in [3.63, 3.8) is 0 Å². The third kappa shape index (κ3) is 1.95. The van der Waals surface area contributed by atoms with Crippen molar-refractivity contribution in [3.05, 3.63) is 0 Å². The van der Waals surface area contributed by atoms with Crippen LogP contribution in [0.3, 0.4) is 0 Å². The second-order valence-electron chi connectivity index (χ2n) is 7.49. The van der Waals surface area contributed by atoms with Gasteiger partial charge in [-0.1, -0.05) is 20.3 Å². The molecule has 0 radical (unpaired) electrons. The van der Waals surface area contributed by atoms with Gasteiger partial charge in [-0.2, -0.15) is 13.2 Å². The Labute approximate surface area is 127 Å². The predicted molar refractivity (Wildman–Crippen MR) is 71.8 cm³/mol. The second kappa shape index (κ2) is 4.71. The van der Waals surface area contributed by atoms with Crippen LogP contribution in [0.1, 0.15) is 52.4 Å².